The minimum atomic E-state index is -0.741. The summed E-state index contributed by atoms with van der Waals surface area (Å²) in [5.41, 5.74) is 1.39. The van der Waals surface area contributed by atoms with Crippen LogP contribution in [0.25, 0.3) is 0 Å². The van der Waals surface area contributed by atoms with Crippen molar-refractivity contribution in [3.8, 4) is 0 Å². The summed E-state index contributed by atoms with van der Waals surface area (Å²) in [6.45, 7) is -0.244. The molecular weight excluding hydrogens is 155 g/mol. The lowest BCUT2D eigenvalue weighted by Gasteiger charge is -1.98. The Morgan fingerprint density at radius 1 is 1.27 bits per heavy atom. The van der Waals surface area contributed by atoms with Gasteiger partial charge in [-0.15, -0.1) is 4.48 Å². The second-order valence-electron chi connectivity index (χ2n) is 2.05. The molecule has 0 fully saturated rings. The van der Waals surface area contributed by atoms with Crippen molar-refractivity contribution in [1.82, 2.24) is 5.54 Å². The molecule has 4 heteroatoms. The van der Waals surface area contributed by atoms with Gasteiger partial charge in [0.15, 0.2) is 0 Å². The highest BCUT2D eigenvalue weighted by Crippen LogP contribution is 2.08. The van der Waals surface area contributed by atoms with Crippen LogP contribution in [0.3, 0.4) is 0 Å². The van der Waals surface area contributed by atoms with Crippen LogP contribution < -0.4 is 5.54 Å². The van der Waals surface area contributed by atoms with Gasteiger partial charge < -0.3 is 0 Å². The highest BCUT2D eigenvalue weighted by Gasteiger charge is 2.01. The van der Waals surface area contributed by atoms with Gasteiger partial charge in [0.1, 0.15) is 11.6 Å². The van der Waals surface area contributed by atoms with Crippen molar-refractivity contribution in [3.63, 3.8) is 0 Å². The maximum atomic E-state index is 12.6. The van der Waals surface area contributed by atoms with E-state index >= 15 is 0 Å². The molecule has 0 aromatic heterocycles. The first-order valence-corrected chi connectivity index (χ1v) is 3.01. The van der Waals surface area contributed by atoms with Crippen molar-refractivity contribution in [1.29, 1.82) is 0 Å². The van der Waals surface area contributed by atoms with E-state index in [0.29, 0.717) is 6.07 Å². The molecule has 60 valence electrons. The van der Waals surface area contributed by atoms with Crippen molar-refractivity contribution in [3.05, 3.63) is 35.4 Å². The minimum absolute atomic E-state index is 0.105. The van der Waals surface area contributed by atoms with Crippen molar-refractivity contribution < 1.29 is 13.3 Å². The Balaban J connectivity index is 2.90. The van der Waals surface area contributed by atoms with Crippen LogP contribution in [0.15, 0.2) is 18.2 Å². The predicted octanol–water partition coefficient (Wildman–Crippen LogP) is 1.94. The Labute approximate surface area is 61.8 Å². The van der Waals surface area contributed by atoms with E-state index in [9.17, 15) is 13.3 Å². The standard InChI is InChI=1S/C7H6F3N/c8-6-2-1-5(4-11-10)7(9)3-6/h1-3,11H,4H2. The third-order valence-electron chi connectivity index (χ3n) is 1.27. The van der Waals surface area contributed by atoms with Gasteiger partial charge in [-0.3, -0.25) is 0 Å². The number of hydrogen-bond acceptors (Lipinski definition) is 1. The molecular formula is C7H6F3N. The molecule has 0 aliphatic carbocycles. The number of halogens is 3. The van der Waals surface area contributed by atoms with E-state index in [1.807, 2.05) is 0 Å². The monoisotopic (exact) mass is 161 g/mol. The van der Waals surface area contributed by atoms with Gasteiger partial charge in [-0.25, -0.2) is 8.78 Å². The van der Waals surface area contributed by atoms with E-state index in [0.717, 1.165) is 6.07 Å². The van der Waals surface area contributed by atoms with Crippen LogP contribution in [0, 0.1) is 11.6 Å². The van der Waals surface area contributed by atoms with Crippen LogP contribution in [-0.4, -0.2) is 0 Å². The molecule has 0 saturated carbocycles. The molecule has 0 aliphatic rings. The zero-order valence-electron chi connectivity index (χ0n) is 5.57. The molecule has 11 heavy (non-hydrogen) atoms. The number of nitrogens with one attached hydrogen (secondary N) is 1. The topological polar surface area (TPSA) is 12.0 Å². The van der Waals surface area contributed by atoms with Crippen LogP contribution in [0.5, 0.6) is 0 Å². The van der Waals surface area contributed by atoms with E-state index < -0.39 is 11.6 Å². The fourth-order valence-corrected chi connectivity index (χ4v) is 0.737. The van der Waals surface area contributed by atoms with E-state index in [4.69, 9.17) is 0 Å². The van der Waals surface area contributed by atoms with Gasteiger partial charge in [-0.1, -0.05) is 6.07 Å². The molecule has 1 nitrogen and oxygen atoms in total. The molecule has 0 spiro atoms. The molecule has 0 heterocycles. The normalized spacial score (nSPS) is 10.1. The van der Waals surface area contributed by atoms with Crippen molar-refractivity contribution in [2.45, 2.75) is 6.54 Å². The smallest absolute Gasteiger partial charge is 0.130 e. The molecule has 0 bridgehead atoms. The quantitative estimate of drug-likeness (QED) is 0.653. The summed E-state index contributed by atoms with van der Waals surface area (Å²) in [4.78, 5) is 0. The molecule has 0 aliphatic heterocycles. The van der Waals surface area contributed by atoms with Crippen LogP contribution in [0.4, 0.5) is 13.3 Å². The van der Waals surface area contributed by atoms with Crippen molar-refractivity contribution in [2.75, 3.05) is 0 Å². The van der Waals surface area contributed by atoms with Gasteiger partial charge >= 0.3 is 0 Å². The first kappa shape index (κ1) is 8.07. The maximum absolute atomic E-state index is 12.6. The second kappa shape index (κ2) is 3.39. The SMILES string of the molecule is FNCc1ccc(F)cc1F. The number of rotatable bonds is 2. The van der Waals surface area contributed by atoms with E-state index in [1.54, 1.807) is 0 Å². The van der Waals surface area contributed by atoms with Gasteiger partial charge in [0, 0.05) is 11.6 Å². The molecule has 0 saturated heterocycles. The Kier molecular flexibility index (Phi) is 2.48. The lowest BCUT2D eigenvalue weighted by atomic mass is 10.2. The van der Waals surface area contributed by atoms with Gasteiger partial charge in [0.2, 0.25) is 0 Å². The predicted molar refractivity (Wildman–Crippen MR) is 34.3 cm³/mol. The summed E-state index contributed by atoms with van der Waals surface area (Å²) in [6.07, 6.45) is 0. The first-order chi connectivity index (χ1) is 5.24. The van der Waals surface area contributed by atoms with E-state index in [2.05, 4.69) is 0 Å². The highest BCUT2D eigenvalue weighted by molar-refractivity contribution is 5.17. The van der Waals surface area contributed by atoms with E-state index in [1.165, 1.54) is 11.6 Å². The second-order valence-corrected chi connectivity index (χ2v) is 2.05. The molecule has 1 aromatic carbocycles. The number of benzene rings is 1. The molecule has 1 rings (SSSR count). The van der Waals surface area contributed by atoms with E-state index in [-0.39, 0.29) is 12.1 Å². The van der Waals surface area contributed by atoms with Crippen LogP contribution in [0.1, 0.15) is 5.56 Å². The lowest BCUT2D eigenvalue weighted by Crippen LogP contribution is -2.02. The molecule has 0 unspecified atom stereocenters. The van der Waals surface area contributed by atoms with Gasteiger partial charge in [0.05, 0.1) is 6.54 Å². The average Bonchev–Trinajstić information content (AvgIpc) is 1.95. The Morgan fingerprint density at radius 2 is 2.00 bits per heavy atom. The molecule has 1 N–H and O–H groups in total. The minimum Gasteiger partial charge on any atom is -0.207 e. The van der Waals surface area contributed by atoms with Crippen LogP contribution >= 0.6 is 0 Å². The average molecular weight is 161 g/mol. The zero-order chi connectivity index (χ0) is 8.27. The molecule has 0 atom stereocenters. The Morgan fingerprint density at radius 3 is 2.55 bits per heavy atom. The summed E-state index contributed by atoms with van der Waals surface area (Å²) in [7, 11) is 0. The van der Waals surface area contributed by atoms with Gasteiger partial charge in [0.25, 0.3) is 0 Å². The van der Waals surface area contributed by atoms with Gasteiger partial charge in [-0.2, -0.15) is 5.54 Å². The van der Waals surface area contributed by atoms with Crippen LogP contribution in [-0.2, 0) is 6.54 Å². The maximum Gasteiger partial charge on any atom is 0.130 e. The summed E-state index contributed by atoms with van der Waals surface area (Å²) in [5.74, 6) is -1.40. The summed E-state index contributed by atoms with van der Waals surface area (Å²) in [6, 6.07) is 2.99. The third-order valence-corrected chi connectivity index (χ3v) is 1.27. The fraction of sp³-hybridized carbons (Fsp3) is 0.143. The molecule has 0 amide bonds. The third kappa shape index (κ3) is 1.94. The molecule has 0 radical (unpaired) electrons. The fourth-order valence-electron chi connectivity index (χ4n) is 0.737. The van der Waals surface area contributed by atoms with Gasteiger partial charge in [-0.05, 0) is 6.07 Å². The summed E-state index contributed by atoms with van der Waals surface area (Å²) in [5, 5.41) is 0. The Bertz CT molecular complexity index is 249. The zero-order valence-corrected chi connectivity index (χ0v) is 5.57. The van der Waals surface area contributed by atoms with Crippen molar-refractivity contribution in [2.24, 2.45) is 0 Å². The lowest BCUT2D eigenvalue weighted by molar-refractivity contribution is 0.326. The summed E-state index contributed by atoms with van der Waals surface area (Å²) < 4.78 is 36.3. The van der Waals surface area contributed by atoms with Crippen molar-refractivity contribution >= 4 is 0 Å². The highest BCUT2D eigenvalue weighted by atomic mass is 19.2. The Hall–Kier alpha value is -1.03. The molecule has 1 aromatic rings. The first-order valence-electron chi connectivity index (χ1n) is 3.01. The largest absolute Gasteiger partial charge is 0.207 e. The number of hydrogen-bond donors (Lipinski definition) is 1. The summed E-state index contributed by atoms with van der Waals surface area (Å²) >= 11 is 0. The van der Waals surface area contributed by atoms with Crippen LogP contribution in [0.2, 0.25) is 0 Å².